The standard InChI is InChI=1S/C25H30N2O6/c1-5-26(6-2)12-13-27-22(16-8-7-9-17(28)14-16)21(24(30)25(27)31)23(29)19-11-10-18(32-3)15-20(19)33-4/h7-11,14-15,22,28-29H,5-6,12-13H2,1-4H3/b23-21-. The molecule has 1 aliphatic rings. The number of ketones is 1. The maximum Gasteiger partial charge on any atom is 0.295 e. The number of aliphatic hydroxyl groups is 1. The SMILES string of the molecule is CCN(CC)CCN1C(=O)C(=O)/C(=C(\O)c2ccc(OC)cc2OC)C1c1cccc(O)c1. The second-order valence-electron chi connectivity index (χ2n) is 7.68. The van der Waals surface area contributed by atoms with Gasteiger partial charge in [0.2, 0.25) is 0 Å². The molecule has 8 nitrogen and oxygen atoms in total. The van der Waals surface area contributed by atoms with Crippen LogP contribution in [0.15, 0.2) is 48.0 Å². The Balaban J connectivity index is 2.15. The maximum absolute atomic E-state index is 13.2. The quantitative estimate of drug-likeness (QED) is 0.341. The van der Waals surface area contributed by atoms with Crippen molar-refractivity contribution in [3.63, 3.8) is 0 Å². The number of ether oxygens (including phenoxy) is 2. The number of phenols is 1. The molecule has 0 saturated carbocycles. The van der Waals surface area contributed by atoms with Gasteiger partial charge in [-0.05, 0) is 42.9 Å². The van der Waals surface area contributed by atoms with Gasteiger partial charge in [-0.15, -0.1) is 0 Å². The zero-order valence-electron chi connectivity index (χ0n) is 19.4. The molecule has 2 N–H and O–H groups in total. The van der Waals surface area contributed by atoms with E-state index in [-0.39, 0.29) is 22.6 Å². The van der Waals surface area contributed by atoms with Crippen LogP contribution < -0.4 is 9.47 Å². The molecule has 33 heavy (non-hydrogen) atoms. The van der Waals surface area contributed by atoms with Crippen molar-refractivity contribution in [2.45, 2.75) is 19.9 Å². The molecular formula is C25H30N2O6. The molecular weight excluding hydrogens is 424 g/mol. The molecule has 1 aliphatic heterocycles. The first-order chi connectivity index (χ1) is 15.9. The highest BCUT2D eigenvalue weighted by atomic mass is 16.5. The van der Waals surface area contributed by atoms with Crippen LogP contribution in [0.4, 0.5) is 0 Å². The summed E-state index contributed by atoms with van der Waals surface area (Å²) in [6.45, 7) is 6.53. The number of carbonyl (C=O) groups excluding carboxylic acids is 2. The van der Waals surface area contributed by atoms with Crippen LogP contribution in [0.2, 0.25) is 0 Å². The van der Waals surface area contributed by atoms with Gasteiger partial charge in [-0.2, -0.15) is 0 Å². The monoisotopic (exact) mass is 454 g/mol. The number of benzene rings is 2. The molecule has 1 unspecified atom stereocenters. The molecule has 0 aromatic heterocycles. The number of phenolic OH excluding ortho intramolecular Hbond substituents is 1. The molecule has 8 heteroatoms. The Bertz CT molecular complexity index is 1060. The number of hydrogen-bond acceptors (Lipinski definition) is 7. The summed E-state index contributed by atoms with van der Waals surface area (Å²) in [5, 5.41) is 21.3. The Morgan fingerprint density at radius 1 is 1.06 bits per heavy atom. The van der Waals surface area contributed by atoms with Gasteiger partial charge in [0, 0.05) is 19.2 Å². The van der Waals surface area contributed by atoms with Gasteiger partial charge in [-0.25, -0.2) is 0 Å². The van der Waals surface area contributed by atoms with Gasteiger partial charge in [0.05, 0.1) is 31.4 Å². The summed E-state index contributed by atoms with van der Waals surface area (Å²) in [5.41, 5.74) is 0.751. The van der Waals surface area contributed by atoms with E-state index in [2.05, 4.69) is 4.90 Å². The lowest BCUT2D eigenvalue weighted by atomic mass is 9.94. The van der Waals surface area contributed by atoms with Crippen LogP contribution in [0.3, 0.4) is 0 Å². The summed E-state index contributed by atoms with van der Waals surface area (Å²) in [4.78, 5) is 29.8. The number of carbonyl (C=O) groups is 2. The number of likely N-dealkylation sites (N-methyl/N-ethyl adjacent to an activating group) is 1. The summed E-state index contributed by atoms with van der Waals surface area (Å²) in [6, 6.07) is 10.3. The molecule has 176 valence electrons. The Morgan fingerprint density at radius 3 is 2.39 bits per heavy atom. The van der Waals surface area contributed by atoms with Gasteiger partial charge < -0.3 is 29.5 Å². The van der Waals surface area contributed by atoms with Crippen molar-refractivity contribution in [2.24, 2.45) is 0 Å². The molecule has 2 aromatic carbocycles. The summed E-state index contributed by atoms with van der Waals surface area (Å²) < 4.78 is 10.6. The third-order valence-electron chi connectivity index (χ3n) is 5.94. The first-order valence-electron chi connectivity index (χ1n) is 10.9. The molecule has 0 aliphatic carbocycles. The van der Waals surface area contributed by atoms with E-state index in [1.54, 1.807) is 30.3 Å². The highest BCUT2D eigenvalue weighted by molar-refractivity contribution is 6.46. The second-order valence-corrected chi connectivity index (χ2v) is 7.68. The zero-order valence-corrected chi connectivity index (χ0v) is 19.4. The van der Waals surface area contributed by atoms with E-state index in [0.29, 0.717) is 30.2 Å². The fourth-order valence-corrected chi connectivity index (χ4v) is 4.08. The number of likely N-dealkylation sites (tertiary alicyclic amines) is 1. The molecule has 1 heterocycles. The van der Waals surface area contributed by atoms with Crippen molar-refractivity contribution in [2.75, 3.05) is 40.4 Å². The summed E-state index contributed by atoms with van der Waals surface area (Å²) in [7, 11) is 2.96. The van der Waals surface area contributed by atoms with E-state index in [1.165, 1.54) is 31.3 Å². The lowest BCUT2D eigenvalue weighted by molar-refractivity contribution is -0.140. The van der Waals surface area contributed by atoms with Crippen LogP contribution in [-0.2, 0) is 9.59 Å². The minimum absolute atomic E-state index is 0.00357. The molecule has 0 bridgehead atoms. The van der Waals surface area contributed by atoms with Crippen LogP contribution in [0.1, 0.15) is 31.0 Å². The maximum atomic E-state index is 13.2. The number of nitrogens with zero attached hydrogens (tertiary/aromatic N) is 2. The second kappa shape index (κ2) is 10.4. The van der Waals surface area contributed by atoms with E-state index < -0.39 is 17.7 Å². The molecule has 1 fully saturated rings. The summed E-state index contributed by atoms with van der Waals surface area (Å²) >= 11 is 0. The molecule has 0 spiro atoms. The van der Waals surface area contributed by atoms with E-state index in [4.69, 9.17) is 9.47 Å². The van der Waals surface area contributed by atoms with E-state index in [9.17, 15) is 19.8 Å². The summed E-state index contributed by atoms with van der Waals surface area (Å²) in [5.74, 6) is -0.985. The number of aliphatic hydroxyl groups excluding tert-OH is 1. The van der Waals surface area contributed by atoms with Crippen molar-refractivity contribution in [1.82, 2.24) is 9.80 Å². The van der Waals surface area contributed by atoms with Crippen LogP contribution in [-0.4, -0.2) is 72.1 Å². The predicted molar refractivity (Wildman–Crippen MR) is 124 cm³/mol. The molecule has 1 saturated heterocycles. The van der Waals surface area contributed by atoms with Crippen molar-refractivity contribution >= 4 is 17.4 Å². The van der Waals surface area contributed by atoms with Crippen molar-refractivity contribution in [1.29, 1.82) is 0 Å². The largest absolute Gasteiger partial charge is 0.508 e. The number of hydrogen-bond donors (Lipinski definition) is 2. The van der Waals surface area contributed by atoms with Crippen molar-refractivity contribution in [3.05, 3.63) is 59.2 Å². The van der Waals surface area contributed by atoms with Crippen molar-refractivity contribution < 1.29 is 29.3 Å². The third-order valence-corrected chi connectivity index (χ3v) is 5.94. The Labute approximate surface area is 193 Å². The molecule has 2 aromatic rings. The molecule has 1 atom stereocenters. The first kappa shape index (κ1) is 24.1. The number of aromatic hydroxyl groups is 1. The van der Waals surface area contributed by atoms with E-state index >= 15 is 0 Å². The van der Waals surface area contributed by atoms with Crippen LogP contribution in [0.5, 0.6) is 17.2 Å². The number of Topliss-reactive ketones (excluding diaryl/α,β-unsaturated/α-hetero) is 1. The fraction of sp³-hybridized carbons (Fsp3) is 0.360. The molecule has 3 rings (SSSR count). The topological polar surface area (TPSA) is 99.5 Å². The van der Waals surface area contributed by atoms with Crippen LogP contribution in [0.25, 0.3) is 5.76 Å². The lowest BCUT2D eigenvalue weighted by Crippen LogP contribution is -2.38. The summed E-state index contributed by atoms with van der Waals surface area (Å²) in [6.07, 6.45) is 0. The normalized spacial score (nSPS) is 17.6. The van der Waals surface area contributed by atoms with Gasteiger partial charge in [0.1, 0.15) is 23.0 Å². The average molecular weight is 455 g/mol. The zero-order chi connectivity index (χ0) is 24.1. The predicted octanol–water partition coefficient (Wildman–Crippen LogP) is 3.17. The van der Waals surface area contributed by atoms with Crippen LogP contribution in [0, 0.1) is 0 Å². The first-order valence-corrected chi connectivity index (χ1v) is 10.9. The third kappa shape index (κ3) is 4.80. The lowest BCUT2D eigenvalue weighted by Gasteiger charge is -2.28. The minimum atomic E-state index is -0.848. The van der Waals surface area contributed by atoms with Crippen LogP contribution >= 0.6 is 0 Å². The highest BCUT2D eigenvalue weighted by Crippen LogP contribution is 2.42. The van der Waals surface area contributed by atoms with Gasteiger partial charge in [0.15, 0.2) is 0 Å². The van der Waals surface area contributed by atoms with E-state index in [0.717, 1.165) is 13.1 Å². The number of methoxy groups -OCH3 is 2. The van der Waals surface area contributed by atoms with Gasteiger partial charge in [-0.3, -0.25) is 9.59 Å². The van der Waals surface area contributed by atoms with E-state index in [1.807, 2.05) is 13.8 Å². The Morgan fingerprint density at radius 2 is 1.79 bits per heavy atom. The number of rotatable bonds is 9. The Kier molecular flexibility index (Phi) is 7.60. The van der Waals surface area contributed by atoms with Gasteiger partial charge >= 0.3 is 0 Å². The fourth-order valence-electron chi connectivity index (χ4n) is 4.08. The highest BCUT2D eigenvalue weighted by Gasteiger charge is 2.46. The molecule has 0 radical (unpaired) electrons. The minimum Gasteiger partial charge on any atom is -0.508 e. The average Bonchev–Trinajstić information content (AvgIpc) is 3.08. The van der Waals surface area contributed by atoms with Gasteiger partial charge in [-0.1, -0.05) is 26.0 Å². The molecule has 1 amide bonds. The van der Waals surface area contributed by atoms with Gasteiger partial charge in [0.25, 0.3) is 11.7 Å². The smallest absolute Gasteiger partial charge is 0.295 e. The Hall–Kier alpha value is -3.52. The van der Waals surface area contributed by atoms with Crippen molar-refractivity contribution in [3.8, 4) is 17.2 Å². The number of amides is 1.